The fourth-order valence-electron chi connectivity index (χ4n) is 3.73. The Labute approximate surface area is 224 Å². The lowest BCUT2D eigenvalue weighted by Gasteiger charge is -2.25. The number of phenols is 1. The molecule has 1 heterocycles. The van der Waals surface area contributed by atoms with Crippen molar-refractivity contribution in [2.75, 3.05) is 0 Å². The molecule has 0 aliphatic carbocycles. The number of nitrogens with two attached hydrogens (primary N) is 2. The highest BCUT2D eigenvalue weighted by Gasteiger charge is 2.31. The van der Waals surface area contributed by atoms with Crippen molar-refractivity contribution >= 4 is 29.6 Å². The first-order chi connectivity index (χ1) is 18.3. The third-order valence-corrected chi connectivity index (χ3v) is 5.70. The number of aromatic hydroxyl groups is 1. The molecule has 212 valence electrons. The van der Waals surface area contributed by atoms with Crippen LogP contribution in [0.1, 0.15) is 37.9 Å². The summed E-state index contributed by atoms with van der Waals surface area (Å²) in [4.78, 5) is 69.0. The number of hydrogen-bond acceptors (Lipinski definition) is 8. The van der Waals surface area contributed by atoms with Crippen molar-refractivity contribution in [2.45, 2.75) is 63.7 Å². The third-order valence-electron chi connectivity index (χ3n) is 5.70. The van der Waals surface area contributed by atoms with Gasteiger partial charge < -0.3 is 42.6 Å². The van der Waals surface area contributed by atoms with Crippen molar-refractivity contribution in [3.8, 4) is 5.75 Å². The van der Waals surface area contributed by atoms with E-state index in [1.165, 1.54) is 36.8 Å². The van der Waals surface area contributed by atoms with Crippen LogP contribution in [-0.2, 0) is 36.8 Å². The van der Waals surface area contributed by atoms with E-state index in [1.807, 2.05) is 13.8 Å². The lowest BCUT2D eigenvalue weighted by Crippen LogP contribution is -2.58. The van der Waals surface area contributed by atoms with E-state index in [0.717, 1.165) is 0 Å². The second-order valence-corrected chi connectivity index (χ2v) is 9.58. The number of nitrogens with one attached hydrogen (secondary N) is 4. The zero-order chi connectivity index (χ0) is 29.1. The maximum absolute atomic E-state index is 13.1. The topological polar surface area (TPSA) is 243 Å². The van der Waals surface area contributed by atoms with E-state index >= 15 is 0 Å². The lowest BCUT2D eigenvalue weighted by atomic mass is 10.0. The number of rotatable bonds is 15. The first-order valence-electron chi connectivity index (χ1n) is 12.3. The van der Waals surface area contributed by atoms with Crippen LogP contribution in [-0.4, -0.2) is 73.9 Å². The van der Waals surface area contributed by atoms with Crippen molar-refractivity contribution in [1.82, 2.24) is 25.9 Å². The summed E-state index contributed by atoms with van der Waals surface area (Å²) in [6.07, 6.45) is 2.57. The van der Waals surface area contributed by atoms with Gasteiger partial charge in [-0.1, -0.05) is 26.0 Å². The Hall–Kier alpha value is -4.46. The van der Waals surface area contributed by atoms with Gasteiger partial charge in [0.05, 0.1) is 18.8 Å². The zero-order valence-electron chi connectivity index (χ0n) is 21.7. The van der Waals surface area contributed by atoms with Crippen molar-refractivity contribution in [3.63, 3.8) is 0 Å². The first kappa shape index (κ1) is 30.8. The monoisotopic (exact) mass is 545 g/mol. The highest BCUT2D eigenvalue weighted by molar-refractivity contribution is 5.96. The summed E-state index contributed by atoms with van der Waals surface area (Å²) in [7, 11) is 0. The molecule has 1 aromatic carbocycles. The number of amides is 4. The lowest BCUT2D eigenvalue weighted by molar-refractivity contribution is -0.142. The average Bonchev–Trinajstić information content (AvgIpc) is 3.36. The number of primary amides is 1. The normalized spacial score (nSPS) is 14.1. The molecule has 0 aliphatic rings. The highest BCUT2D eigenvalue weighted by atomic mass is 16.4. The van der Waals surface area contributed by atoms with Crippen molar-refractivity contribution < 1.29 is 34.2 Å². The SMILES string of the molecule is CC(C)CC(NC(=O)C(N)Cc1cnc[nH]1)C(=O)NC(CC(N)=O)C(=O)NC(Cc1ccc(O)cc1)C(=O)O. The second kappa shape index (κ2) is 14.5. The molecule has 14 heteroatoms. The number of phenolic OH excluding ortho intramolecular Hbond substituents is 1. The maximum atomic E-state index is 13.1. The van der Waals surface area contributed by atoms with Gasteiger partial charge in [-0.3, -0.25) is 19.2 Å². The summed E-state index contributed by atoms with van der Waals surface area (Å²) in [5.41, 5.74) is 12.4. The van der Waals surface area contributed by atoms with E-state index in [-0.39, 0.29) is 30.9 Å². The average molecular weight is 546 g/mol. The standard InChI is InChI=1S/C25H35N7O7/c1-13(2)7-18(30-22(35)17(26)9-15-11-28-12-29-15)23(36)31-19(10-21(27)34)24(37)32-20(25(38)39)8-14-3-5-16(33)6-4-14/h3-6,11-13,17-20,33H,7-10,26H2,1-2H3,(H2,27,34)(H,28,29)(H,30,35)(H,31,36)(H,32,37)(H,38,39). The fourth-order valence-corrected chi connectivity index (χ4v) is 3.73. The minimum atomic E-state index is -1.50. The Morgan fingerprint density at radius 3 is 2.05 bits per heavy atom. The molecule has 0 bridgehead atoms. The molecule has 0 radical (unpaired) electrons. The maximum Gasteiger partial charge on any atom is 0.326 e. The molecule has 10 N–H and O–H groups in total. The molecule has 4 unspecified atom stereocenters. The van der Waals surface area contributed by atoms with Crippen LogP contribution in [0.5, 0.6) is 5.75 Å². The molecule has 0 fully saturated rings. The minimum Gasteiger partial charge on any atom is -0.508 e. The summed E-state index contributed by atoms with van der Waals surface area (Å²) in [5.74, 6) is -4.64. The number of carboxylic acids is 1. The van der Waals surface area contributed by atoms with Crippen molar-refractivity contribution in [3.05, 3.63) is 48.0 Å². The minimum absolute atomic E-state index is 0.01000. The Balaban J connectivity index is 2.13. The molecular formula is C25H35N7O7. The summed E-state index contributed by atoms with van der Waals surface area (Å²) in [5, 5.41) is 26.3. The number of aliphatic carboxylic acids is 1. The van der Waals surface area contributed by atoms with Gasteiger partial charge in [0, 0.05) is 24.7 Å². The molecule has 2 rings (SSSR count). The number of aromatic amines is 1. The van der Waals surface area contributed by atoms with E-state index in [0.29, 0.717) is 11.3 Å². The predicted octanol–water partition coefficient (Wildman–Crippen LogP) is -1.31. The molecule has 0 saturated carbocycles. The van der Waals surface area contributed by atoms with Crippen LogP contribution in [0.15, 0.2) is 36.8 Å². The van der Waals surface area contributed by atoms with E-state index < -0.39 is 60.2 Å². The number of carboxylic acid groups (broad SMARTS) is 1. The molecule has 0 aliphatic heterocycles. The summed E-state index contributed by atoms with van der Waals surface area (Å²) in [6.45, 7) is 3.65. The number of carbonyl (C=O) groups excluding carboxylic acids is 4. The van der Waals surface area contributed by atoms with Gasteiger partial charge in [-0.25, -0.2) is 9.78 Å². The Morgan fingerprint density at radius 2 is 1.51 bits per heavy atom. The number of nitrogens with zero attached hydrogens (tertiary/aromatic N) is 1. The molecule has 4 amide bonds. The number of imidazole rings is 1. The fraction of sp³-hybridized carbons (Fsp3) is 0.440. The molecule has 14 nitrogen and oxygen atoms in total. The smallest absolute Gasteiger partial charge is 0.326 e. The summed E-state index contributed by atoms with van der Waals surface area (Å²) < 4.78 is 0. The summed E-state index contributed by atoms with van der Waals surface area (Å²) in [6, 6.07) is 0.747. The van der Waals surface area contributed by atoms with Gasteiger partial charge in [-0.05, 0) is 30.0 Å². The number of benzene rings is 1. The van der Waals surface area contributed by atoms with Crippen LogP contribution in [0.3, 0.4) is 0 Å². The third kappa shape index (κ3) is 10.4. The Bertz CT molecular complexity index is 1140. The Morgan fingerprint density at radius 1 is 0.923 bits per heavy atom. The van der Waals surface area contributed by atoms with Gasteiger partial charge in [-0.15, -0.1) is 0 Å². The van der Waals surface area contributed by atoms with Crippen molar-refractivity contribution in [2.24, 2.45) is 17.4 Å². The van der Waals surface area contributed by atoms with Crippen LogP contribution in [0, 0.1) is 5.92 Å². The van der Waals surface area contributed by atoms with Crippen LogP contribution < -0.4 is 27.4 Å². The number of aromatic nitrogens is 2. The first-order valence-corrected chi connectivity index (χ1v) is 12.3. The molecule has 39 heavy (non-hydrogen) atoms. The van der Waals surface area contributed by atoms with Gasteiger partial charge in [-0.2, -0.15) is 0 Å². The molecule has 0 saturated heterocycles. The van der Waals surface area contributed by atoms with Crippen LogP contribution >= 0.6 is 0 Å². The molecular weight excluding hydrogens is 510 g/mol. The zero-order valence-corrected chi connectivity index (χ0v) is 21.7. The van der Waals surface area contributed by atoms with Gasteiger partial charge >= 0.3 is 5.97 Å². The van der Waals surface area contributed by atoms with Gasteiger partial charge in [0.2, 0.25) is 23.6 Å². The van der Waals surface area contributed by atoms with Gasteiger partial charge in [0.25, 0.3) is 0 Å². The van der Waals surface area contributed by atoms with Crippen LogP contribution in [0.4, 0.5) is 0 Å². The number of H-pyrrole nitrogens is 1. The van der Waals surface area contributed by atoms with Crippen molar-refractivity contribution in [1.29, 1.82) is 0 Å². The van der Waals surface area contributed by atoms with E-state index in [1.54, 1.807) is 0 Å². The number of carbonyl (C=O) groups is 5. The molecule has 0 spiro atoms. The second-order valence-electron chi connectivity index (χ2n) is 9.58. The highest BCUT2D eigenvalue weighted by Crippen LogP contribution is 2.12. The number of hydrogen-bond donors (Lipinski definition) is 8. The quantitative estimate of drug-likeness (QED) is 0.132. The van der Waals surface area contributed by atoms with E-state index in [9.17, 15) is 34.2 Å². The predicted molar refractivity (Wildman–Crippen MR) is 139 cm³/mol. The van der Waals surface area contributed by atoms with Gasteiger partial charge in [0.1, 0.15) is 23.9 Å². The van der Waals surface area contributed by atoms with Crippen LogP contribution in [0.2, 0.25) is 0 Å². The molecule has 2 aromatic rings. The van der Waals surface area contributed by atoms with Crippen LogP contribution in [0.25, 0.3) is 0 Å². The largest absolute Gasteiger partial charge is 0.508 e. The summed E-state index contributed by atoms with van der Waals surface area (Å²) >= 11 is 0. The molecule has 4 atom stereocenters. The van der Waals surface area contributed by atoms with Gasteiger partial charge in [0.15, 0.2) is 0 Å². The molecule has 1 aromatic heterocycles. The van der Waals surface area contributed by atoms with E-state index in [4.69, 9.17) is 11.5 Å². The van der Waals surface area contributed by atoms with E-state index in [2.05, 4.69) is 25.9 Å². The Kier molecular flexibility index (Phi) is 11.4.